The molecule has 1 N–H and O–H groups in total. The molecule has 2 atom stereocenters. The normalized spacial score (nSPS) is 16.5. The standard InChI is InChI=1S/C27H28FN3O4/c1-5-13(2)17-8-23-26-18(10-31(23)27(34)19(17)11-35-12-32)25-21(29-15(4)33)7-6-16-14(3)20(28)9-22(30-26)24(16)25/h8-9,12-13,21H,5-7,10-11H2,1-4H3,(H,29,33). The number of aromatic nitrogens is 2. The monoisotopic (exact) mass is 477 g/mol. The number of carbonyl (C=O) groups is 2. The van der Waals surface area contributed by atoms with Crippen LogP contribution in [0.25, 0.3) is 22.3 Å². The Balaban J connectivity index is 1.82. The maximum absolute atomic E-state index is 14.9. The summed E-state index contributed by atoms with van der Waals surface area (Å²) in [5.74, 6) is -0.377. The third-order valence-electron chi connectivity index (χ3n) is 7.59. The molecule has 5 rings (SSSR count). The summed E-state index contributed by atoms with van der Waals surface area (Å²) >= 11 is 0. The first-order chi connectivity index (χ1) is 16.8. The van der Waals surface area contributed by atoms with E-state index in [4.69, 9.17) is 9.72 Å². The predicted molar refractivity (Wildman–Crippen MR) is 130 cm³/mol. The van der Waals surface area contributed by atoms with E-state index in [0.29, 0.717) is 53.9 Å². The van der Waals surface area contributed by atoms with Crippen molar-refractivity contribution in [3.8, 4) is 11.4 Å². The first-order valence-corrected chi connectivity index (χ1v) is 12.0. The number of nitrogens with one attached hydrogen (secondary N) is 1. The average Bonchev–Trinajstić information content (AvgIpc) is 3.20. The zero-order valence-corrected chi connectivity index (χ0v) is 20.3. The van der Waals surface area contributed by atoms with Crippen molar-refractivity contribution in [3.63, 3.8) is 0 Å². The zero-order valence-electron chi connectivity index (χ0n) is 20.3. The van der Waals surface area contributed by atoms with E-state index in [9.17, 15) is 18.8 Å². The lowest BCUT2D eigenvalue weighted by Gasteiger charge is -2.29. The second-order valence-corrected chi connectivity index (χ2v) is 9.57. The highest BCUT2D eigenvalue weighted by atomic mass is 19.1. The molecule has 0 radical (unpaired) electrons. The summed E-state index contributed by atoms with van der Waals surface area (Å²) in [5.41, 5.74) is 6.22. The fraction of sp³-hybridized carbons (Fsp3) is 0.407. The lowest BCUT2D eigenvalue weighted by atomic mass is 9.81. The van der Waals surface area contributed by atoms with Crippen molar-refractivity contribution in [1.29, 1.82) is 0 Å². The van der Waals surface area contributed by atoms with Crippen LogP contribution in [0.2, 0.25) is 0 Å². The maximum atomic E-state index is 14.9. The number of benzene rings is 1. The molecular formula is C27H28FN3O4. The van der Waals surface area contributed by atoms with E-state index in [1.807, 2.05) is 19.9 Å². The van der Waals surface area contributed by atoms with Crippen LogP contribution >= 0.6 is 0 Å². The summed E-state index contributed by atoms with van der Waals surface area (Å²) in [4.78, 5) is 41.4. The highest BCUT2D eigenvalue weighted by Gasteiger charge is 2.35. The predicted octanol–water partition coefficient (Wildman–Crippen LogP) is 4.18. The molecule has 8 heteroatoms. The van der Waals surface area contributed by atoms with Gasteiger partial charge in [-0.2, -0.15) is 0 Å². The van der Waals surface area contributed by atoms with E-state index in [1.165, 1.54) is 13.0 Å². The molecule has 0 saturated carbocycles. The van der Waals surface area contributed by atoms with Gasteiger partial charge in [-0.15, -0.1) is 0 Å². The summed E-state index contributed by atoms with van der Waals surface area (Å²) < 4.78 is 21.5. The Morgan fingerprint density at radius 2 is 2.14 bits per heavy atom. The molecule has 7 nitrogen and oxygen atoms in total. The van der Waals surface area contributed by atoms with Crippen molar-refractivity contribution in [2.45, 2.75) is 72.1 Å². The minimum atomic E-state index is -0.305. The number of ether oxygens (including phenoxy) is 1. The van der Waals surface area contributed by atoms with E-state index >= 15 is 0 Å². The highest BCUT2D eigenvalue weighted by Crippen LogP contribution is 2.45. The molecular weight excluding hydrogens is 449 g/mol. The van der Waals surface area contributed by atoms with Gasteiger partial charge in [0.25, 0.3) is 12.0 Å². The summed E-state index contributed by atoms with van der Waals surface area (Å²) in [6, 6.07) is 3.16. The van der Waals surface area contributed by atoms with Crippen LogP contribution in [0.4, 0.5) is 4.39 Å². The lowest BCUT2D eigenvalue weighted by molar-refractivity contribution is -0.129. The summed E-state index contributed by atoms with van der Waals surface area (Å²) in [6.07, 6.45) is 2.08. The van der Waals surface area contributed by atoms with Crippen LogP contribution in [-0.4, -0.2) is 21.9 Å². The van der Waals surface area contributed by atoms with Crippen LogP contribution in [0.5, 0.6) is 0 Å². The lowest BCUT2D eigenvalue weighted by Crippen LogP contribution is -2.30. The molecule has 35 heavy (non-hydrogen) atoms. The van der Waals surface area contributed by atoms with Gasteiger partial charge >= 0.3 is 0 Å². The number of carbonyl (C=O) groups excluding carboxylic acids is 2. The number of fused-ring (bicyclic) bond motifs is 4. The van der Waals surface area contributed by atoms with Gasteiger partial charge in [0.15, 0.2) is 0 Å². The van der Waals surface area contributed by atoms with Gasteiger partial charge in [-0.1, -0.05) is 13.8 Å². The summed E-state index contributed by atoms with van der Waals surface area (Å²) in [7, 11) is 0. The minimum Gasteiger partial charge on any atom is -0.463 e. The molecule has 0 spiro atoms. The molecule has 2 aliphatic rings. The van der Waals surface area contributed by atoms with E-state index in [1.54, 1.807) is 11.5 Å². The highest BCUT2D eigenvalue weighted by molar-refractivity contribution is 5.93. The SMILES string of the molecule is CCC(C)c1cc2n(c(=O)c1COC=O)Cc1c-2nc2cc(F)c(C)c3c2c1C(NC(C)=O)CC3. The van der Waals surface area contributed by atoms with Crippen LogP contribution < -0.4 is 10.9 Å². The Morgan fingerprint density at radius 3 is 2.83 bits per heavy atom. The van der Waals surface area contributed by atoms with Crippen LogP contribution in [0.3, 0.4) is 0 Å². The first kappa shape index (κ1) is 23.2. The van der Waals surface area contributed by atoms with Crippen LogP contribution in [-0.2, 0) is 33.9 Å². The number of hydrogen-bond acceptors (Lipinski definition) is 5. The topological polar surface area (TPSA) is 90.3 Å². The Morgan fingerprint density at radius 1 is 1.37 bits per heavy atom. The Kier molecular flexibility index (Phi) is 5.69. The summed E-state index contributed by atoms with van der Waals surface area (Å²) in [6.45, 7) is 7.88. The number of nitrogens with zero attached hydrogens (tertiary/aromatic N) is 2. The number of amides is 1. The van der Waals surface area contributed by atoms with Gasteiger partial charge in [-0.3, -0.25) is 14.4 Å². The summed E-state index contributed by atoms with van der Waals surface area (Å²) in [5, 5.41) is 3.93. The molecule has 1 aromatic carbocycles. The zero-order chi connectivity index (χ0) is 25.0. The number of aryl methyl sites for hydroxylation is 1. The van der Waals surface area contributed by atoms with Gasteiger partial charge in [0.2, 0.25) is 5.91 Å². The van der Waals surface area contributed by atoms with E-state index in [-0.39, 0.29) is 35.9 Å². The van der Waals surface area contributed by atoms with Gasteiger partial charge in [0.1, 0.15) is 12.4 Å². The second-order valence-electron chi connectivity index (χ2n) is 9.57. The molecule has 0 bridgehead atoms. The number of hydrogen-bond donors (Lipinski definition) is 1. The molecule has 2 unspecified atom stereocenters. The average molecular weight is 478 g/mol. The van der Waals surface area contributed by atoms with E-state index < -0.39 is 0 Å². The fourth-order valence-corrected chi connectivity index (χ4v) is 5.67. The van der Waals surface area contributed by atoms with Crippen LogP contribution in [0, 0.1) is 12.7 Å². The molecule has 1 aliphatic carbocycles. The quantitative estimate of drug-likeness (QED) is 0.421. The molecule has 1 aliphatic heterocycles. The van der Waals surface area contributed by atoms with Crippen LogP contribution in [0.1, 0.15) is 79.0 Å². The number of halogens is 1. The van der Waals surface area contributed by atoms with E-state index in [0.717, 1.165) is 34.1 Å². The van der Waals surface area contributed by atoms with Crippen molar-refractivity contribution < 1.29 is 18.7 Å². The van der Waals surface area contributed by atoms with Crippen molar-refractivity contribution in [2.24, 2.45) is 0 Å². The molecule has 0 fully saturated rings. The Labute approximate surface area is 202 Å². The van der Waals surface area contributed by atoms with Crippen molar-refractivity contribution in [3.05, 3.63) is 61.7 Å². The molecule has 3 aromatic rings. The Hall–Kier alpha value is -3.55. The third kappa shape index (κ3) is 3.54. The number of rotatable bonds is 6. The fourth-order valence-electron chi connectivity index (χ4n) is 5.67. The molecule has 2 aromatic heterocycles. The Bertz CT molecular complexity index is 1460. The maximum Gasteiger partial charge on any atom is 0.293 e. The second kappa shape index (κ2) is 8.59. The molecule has 1 amide bonds. The molecule has 0 saturated heterocycles. The van der Waals surface area contributed by atoms with Gasteiger partial charge in [0.05, 0.1) is 35.1 Å². The van der Waals surface area contributed by atoms with E-state index in [2.05, 4.69) is 5.32 Å². The van der Waals surface area contributed by atoms with Gasteiger partial charge in [-0.25, -0.2) is 9.37 Å². The minimum absolute atomic E-state index is 0.0699. The third-order valence-corrected chi connectivity index (χ3v) is 7.59. The smallest absolute Gasteiger partial charge is 0.293 e. The molecule has 182 valence electrons. The van der Waals surface area contributed by atoms with Crippen molar-refractivity contribution >= 4 is 23.3 Å². The first-order valence-electron chi connectivity index (χ1n) is 12.0. The van der Waals surface area contributed by atoms with Crippen molar-refractivity contribution in [1.82, 2.24) is 14.9 Å². The van der Waals surface area contributed by atoms with Gasteiger partial charge in [-0.05, 0) is 60.4 Å². The van der Waals surface area contributed by atoms with Crippen LogP contribution in [0.15, 0.2) is 16.9 Å². The van der Waals surface area contributed by atoms with Crippen molar-refractivity contribution in [2.75, 3.05) is 0 Å². The van der Waals surface area contributed by atoms with Gasteiger partial charge < -0.3 is 14.6 Å². The largest absolute Gasteiger partial charge is 0.463 e. The van der Waals surface area contributed by atoms with Gasteiger partial charge in [0, 0.05) is 23.9 Å². The number of pyridine rings is 2. The molecule has 3 heterocycles.